The van der Waals surface area contributed by atoms with Crippen LogP contribution in [0.15, 0.2) is 23.1 Å². The summed E-state index contributed by atoms with van der Waals surface area (Å²) in [6.07, 6.45) is 0. The van der Waals surface area contributed by atoms with Gasteiger partial charge in [-0.1, -0.05) is 0 Å². The minimum atomic E-state index is -3.90. The molecule has 0 fully saturated rings. The van der Waals surface area contributed by atoms with Gasteiger partial charge in [-0.15, -0.1) is 0 Å². The fraction of sp³-hybridized carbons (Fsp3) is 0.462. The van der Waals surface area contributed by atoms with E-state index < -0.39 is 21.6 Å². The van der Waals surface area contributed by atoms with Gasteiger partial charge in [-0.25, -0.2) is 13.2 Å². The molecule has 7 nitrogen and oxygen atoms in total. The molecule has 21 heavy (non-hydrogen) atoms. The number of nitrogens with zero attached hydrogens (tertiary/aromatic N) is 1. The molecule has 0 heterocycles. The summed E-state index contributed by atoms with van der Waals surface area (Å²) in [6, 6.07) is 3.59. The van der Waals surface area contributed by atoms with Gasteiger partial charge in [-0.05, 0) is 32.0 Å². The first-order valence-electron chi connectivity index (χ1n) is 6.09. The molecule has 0 atom stereocenters. The molecule has 0 aliphatic rings. The van der Waals surface area contributed by atoms with Crippen LogP contribution in [0, 0.1) is 0 Å². The summed E-state index contributed by atoms with van der Waals surface area (Å²) >= 11 is 0. The number of likely N-dealkylation sites (N-methyl/N-ethyl adjacent to an activating group) is 1. The average Bonchev–Trinajstić information content (AvgIpc) is 2.35. The molecule has 0 amide bonds. The Morgan fingerprint density at radius 3 is 2.38 bits per heavy atom. The Labute approximate surface area is 123 Å². The van der Waals surface area contributed by atoms with E-state index in [0.717, 1.165) is 10.4 Å². The Kier molecular flexibility index (Phi) is 4.98. The summed E-state index contributed by atoms with van der Waals surface area (Å²) < 4.78 is 30.6. The minimum absolute atomic E-state index is 0.0755. The van der Waals surface area contributed by atoms with Crippen LogP contribution in [0.5, 0.6) is 5.75 Å². The highest BCUT2D eigenvalue weighted by atomic mass is 32.2. The zero-order valence-corrected chi connectivity index (χ0v) is 13.1. The first kappa shape index (κ1) is 17.4. The van der Waals surface area contributed by atoms with Crippen LogP contribution >= 0.6 is 0 Å². The SMILES string of the molecule is COc1ccc(S(=O)(=O)N(C)CC(C)(C)O)cc1C(=O)O. The molecule has 0 spiro atoms. The van der Waals surface area contributed by atoms with Crippen LogP contribution in [0.3, 0.4) is 0 Å². The molecule has 0 aliphatic carbocycles. The highest BCUT2D eigenvalue weighted by Gasteiger charge is 2.27. The Morgan fingerprint density at radius 2 is 1.95 bits per heavy atom. The standard InChI is InChI=1S/C13H19NO6S/c1-13(2,17)8-14(3)21(18,19)9-5-6-11(20-4)10(7-9)12(15)16/h5-7,17H,8H2,1-4H3,(H,15,16). The van der Waals surface area contributed by atoms with Crippen molar-refractivity contribution in [1.29, 1.82) is 0 Å². The molecule has 0 bridgehead atoms. The van der Waals surface area contributed by atoms with Gasteiger partial charge < -0.3 is 14.9 Å². The highest BCUT2D eigenvalue weighted by Crippen LogP contribution is 2.24. The van der Waals surface area contributed by atoms with E-state index in [1.165, 1.54) is 40.1 Å². The van der Waals surface area contributed by atoms with Crippen LogP contribution in [-0.2, 0) is 10.0 Å². The third-order valence-corrected chi connectivity index (χ3v) is 4.52. The van der Waals surface area contributed by atoms with Crippen LogP contribution in [0.4, 0.5) is 0 Å². The van der Waals surface area contributed by atoms with Crippen LogP contribution < -0.4 is 4.74 Å². The predicted molar refractivity (Wildman–Crippen MR) is 76.1 cm³/mol. The van der Waals surface area contributed by atoms with Crippen molar-refractivity contribution in [3.05, 3.63) is 23.8 Å². The maximum atomic E-state index is 12.4. The van der Waals surface area contributed by atoms with Crippen molar-refractivity contribution in [1.82, 2.24) is 4.31 Å². The Morgan fingerprint density at radius 1 is 1.38 bits per heavy atom. The molecule has 0 radical (unpaired) electrons. The van der Waals surface area contributed by atoms with E-state index in [0.29, 0.717) is 0 Å². The van der Waals surface area contributed by atoms with Crippen LogP contribution in [-0.4, -0.2) is 55.2 Å². The molecule has 0 unspecified atom stereocenters. The highest BCUT2D eigenvalue weighted by molar-refractivity contribution is 7.89. The number of carboxylic acid groups (broad SMARTS) is 1. The van der Waals surface area contributed by atoms with Crippen molar-refractivity contribution in [2.75, 3.05) is 20.7 Å². The lowest BCUT2D eigenvalue weighted by atomic mass is 10.1. The van der Waals surface area contributed by atoms with Gasteiger partial charge in [0.1, 0.15) is 11.3 Å². The van der Waals surface area contributed by atoms with E-state index in [4.69, 9.17) is 9.84 Å². The van der Waals surface area contributed by atoms with Gasteiger partial charge in [0.15, 0.2) is 0 Å². The Balaban J connectivity index is 3.26. The lowest BCUT2D eigenvalue weighted by molar-refractivity contribution is 0.0638. The van der Waals surface area contributed by atoms with Gasteiger partial charge in [-0.2, -0.15) is 4.31 Å². The number of carboxylic acids is 1. The number of hydrogen-bond acceptors (Lipinski definition) is 5. The van der Waals surface area contributed by atoms with Gasteiger partial charge in [0.25, 0.3) is 0 Å². The fourth-order valence-electron chi connectivity index (χ4n) is 1.82. The van der Waals surface area contributed by atoms with Crippen molar-refractivity contribution < 1.29 is 28.2 Å². The molecule has 118 valence electrons. The second-order valence-corrected chi connectivity index (χ2v) is 7.29. The van der Waals surface area contributed by atoms with Crippen molar-refractivity contribution >= 4 is 16.0 Å². The maximum Gasteiger partial charge on any atom is 0.339 e. The number of hydrogen-bond donors (Lipinski definition) is 2. The number of ether oxygens (including phenoxy) is 1. The third kappa shape index (κ3) is 4.16. The minimum Gasteiger partial charge on any atom is -0.496 e. The molecule has 0 aromatic heterocycles. The molecule has 0 saturated heterocycles. The van der Waals surface area contributed by atoms with Crippen molar-refractivity contribution in [2.24, 2.45) is 0 Å². The van der Waals surface area contributed by atoms with Gasteiger partial charge in [-0.3, -0.25) is 0 Å². The van der Waals surface area contributed by atoms with Gasteiger partial charge >= 0.3 is 5.97 Å². The van der Waals surface area contributed by atoms with E-state index in [9.17, 15) is 18.3 Å². The molecule has 1 aromatic carbocycles. The fourth-order valence-corrected chi connectivity index (χ4v) is 3.18. The molecular weight excluding hydrogens is 298 g/mol. The van der Waals surface area contributed by atoms with Crippen molar-refractivity contribution in [3.63, 3.8) is 0 Å². The van der Waals surface area contributed by atoms with E-state index in [-0.39, 0.29) is 22.8 Å². The number of sulfonamides is 1. The van der Waals surface area contributed by atoms with E-state index >= 15 is 0 Å². The number of aliphatic hydroxyl groups is 1. The number of benzene rings is 1. The summed E-state index contributed by atoms with van der Waals surface area (Å²) in [7, 11) is -1.28. The first-order chi connectivity index (χ1) is 9.49. The second-order valence-electron chi connectivity index (χ2n) is 5.24. The second kappa shape index (κ2) is 6.00. The lowest BCUT2D eigenvalue weighted by Gasteiger charge is -2.25. The first-order valence-corrected chi connectivity index (χ1v) is 7.53. The van der Waals surface area contributed by atoms with Crippen LogP contribution in [0.1, 0.15) is 24.2 Å². The monoisotopic (exact) mass is 317 g/mol. The van der Waals surface area contributed by atoms with E-state index in [1.54, 1.807) is 0 Å². The third-order valence-electron chi connectivity index (χ3n) is 2.72. The summed E-state index contributed by atoms with van der Waals surface area (Å²) in [5.41, 5.74) is -1.44. The molecule has 0 saturated carbocycles. The van der Waals surface area contributed by atoms with E-state index in [2.05, 4.69) is 0 Å². The van der Waals surface area contributed by atoms with E-state index in [1.807, 2.05) is 0 Å². The Bertz CT molecular complexity index is 633. The molecule has 2 N–H and O–H groups in total. The summed E-state index contributed by atoms with van der Waals surface area (Å²) in [6.45, 7) is 2.84. The lowest BCUT2D eigenvalue weighted by Crippen LogP contribution is -2.39. The quantitative estimate of drug-likeness (QED) is 0.803. The smallest absolute Gasteiger partial charge is 0.339 e. The van der Waals surface area contributed by atoms with Gasteiger partial charge in [0.2, 0.25) is 10.0 Å². The molecule has 1 rings (SSSR count). The van der Waals surface area contributed by atoms with Gasteiger partial charge in [0.05, 0.1) is 17.6 Å². The molecule has 8 heteroatoms. The molecule has 1 aromatic rings. The van der Waals surface area contributed by atoms with Crippen molar-refractivity contribution in [2.45, 2.75) is 24.3 Å². The summed E-state index contributed by atoms with van der Waals surface area (Å²) in [5, 5.41) is 18.8. The summed E-state index contributed by atoms with van der Waals surface area (Å²) in [4.78, 5) is 11.0. The number of methoxy groups -OCH3 is 1. The topological polar surface area (TPSA) is 104 Å². The molecular formula is C13H19NO6S. The van der Waals surface area contributed by atoms with Crippen LogP contribution in [0.2, 0.25) is 0 Å². The number of rotatable bonds is 6. The van der Waals surface area contributed by atoms with Gasteiger partial charge in [0, 0.05) is 13.6 Å². The Hall–Kier alpha value is -1.64. The van der Waals surface area contributed by atoms with Crippen LogP contribution in [0.25, 0.3) is 0 Å². The average molecular weight is 317 g/mol. The van der Waals surface area contributed by atoms with Crippen molar-refractivity contribution in [3.8, 4) is 5.75 Å². The normalized spacial score (nSPS) is 12.5. The maximum absolute atomic E-state index is 12.4. The molecule has 0 aliphatic heterocycles. The predicted octanol–water partition coefficient (Wildman–Crippen LogP) is 0.785. The largest absolute Gasteiger partial charge is 0.496 e. The number of aromatic carboxylic acids is 1. The zero-order chi connectivity index (χ0) is 16.4. The zero-order valence-electron chi connectivity index (χ0n) is 12.3. The summed E-state index contributed by atoms with van der Waals surface area (Å²) in [5.74, 6) is -1.21. The number of carbonyl (C=O) groups is 1.